The van der Waals surface area contributed by atoms with Crippen LogP contribution in [0.3, 0.4) is 0 Å². The number of rotatable bonds is 8. The number of fused-ring (bicyclic) bond motifs is 16. The Morgan fingerprint density at radius 2 is 0.750 bits per heavy atom. The summed E-state index contributed by atoms with van der Waals surface area (Å²) in [5, 5.41) is 6.08. The smallest absolute Gasteiger partial charge is 0.280 e. The average Bonchev–Trinajstić information content (AvgIpc) is 0.917. The third-order valence-electron chi connectivity index (χ3n) is 20.3. The van der Waals surface area contributed by atoms with E-state index in [0.29, 0.717) is 34.5 Å². The number of aryl methyl sites for hydroxylation is 6. The molecule has 6 aliphatic heterocycles. The highest BCUT2D eigenvalue weighted by Crippen LogP contribution is 2.52. The van der Waals surface area contributed by atoms with Crippen molar-refractivity contribution in [2.45, 2.75) is 41.5 Å². The molecule has 0 amide bonds. The fourth-order valence-electron chi connectivity index (χ4n) is 16.7. The van der Waals surface area contributed by atoms with Crippen molar-refractivity contribution in [1.82, 2.24) is 9.97 Å². The fraction of sp³-hybridized carbons (Fsp3) is 0.0732. The molecule has 2 aromatic heterocycles. The van der Waals surface area contributed by atoms with Gasteiger partial charge >= 0.3 is 0 Å². The van der Waals surface area contributed by atoms with Gasteiger partial charge in [-0.25, -0.2) is 0 Å². The molecule has 0 fully saturated rings. The van der Waals surface area contributed by atoms with Gasteiger partial charge in [-0.2, -0.15) is 0 Å². The second kappa shape index (κ2) is 20.3. The van der Waals surface area contributed by atoms with Gasteiger partial charge < -0.3 is 53.5 Å². The summed E-state index contributed by atoms with van der Waals surface area (Å²) in [4.78, 5) is 12.9. The minimum absolute atomic E-state index is 0.278. The summed E-state index contributed by atoms with van der Waals surface area (Å²) in [6.07, 6.45) is 0. The maximum absolute atomic E-state index is 7.49. The number of benzene rings is 12. The van der Waals surface area contributed by atoms with Crippen LogP contribution >= 0.6 is 0 Å². The summed E-state index contributed by atoms with van der Waals surface area (Å²) in [7, 11) is 0. The van der Waals surface area contributed by atoms with Crippen molar-refractivity contribution in [3.05, 3.63) is 258 Å². The summed E-state index contributed by atoms with van der Waals surface area (Å²) < 4.78 is 42.3. The van der Waals surface area contributed by atoms with Crippen LogP contribution in [0.1, 0.15) is 33.4 Å². The van der Waals surface area contributed by atoms with Crippen molar-refractivity contribution in [2.24, 2.45) is 0 Å². The zero-order valence-electron chi connectivity index (χ0n) is 53.4. The van der Waals surface area contributed by atoms with E-state index < -0.39 is 0 Å². The van der Waals surface area contributed by atoms with E-state index in [1.807, 2.05) is 103 Å². The lowest BCUT2D eigenvalue weighted by Crippen LogP contribution is -2.65. The standard InChI is InChI=1S/C82H58B3N5O6/c1-44-30-46(3)77(47(4)31-44)89-66-42-64-58(84-74-65(86-64)34-53(91-50-20-10-7-11-21-50)37-71(74)95-79-56-26-16-18-28-62(56)87-81(79)84)40-59(66)83-60-41-61-70(43-67(60)90(78-48(5)32-45(2)33-49(78)6)69-36-54(35-68(89)75(69)83)92-51-22-12-8-13-23-51)94-72-38-55(93-52-24-14-9-15-25-52)39-73-76(72)85(61)82-80(96-73)57-27-17-19-29-63(57)88-82/h7-43,86-88H,1-6H3. The van der Waals surface area contributed by atoms with Gasteiger partial charge in [0, 0.05) is 115 Å². The minimum Gasteiger partial charge on any atom is -0.458 e. The minimum atomic E-state index is -0.361. The zero-order valence-corrected chi connectivity index (χ0v) is 53.4. The predicted molar refractivity (Wildman–Crippen MR) is 391 cm³/mol. The van der Waals surface area contributed by atoms with Gasteiger partial charge in [0.05, 0.1) is 11.4 Å². The van der Waals surface area contributed by atoms with Crippen LogP contribution in [0.4, 0.5) is 45.5 Å². The summed E-state index contributed by atoms with van der Waals surface area (Å²) in [6, 6.07) is 78.6. The largest absolute Gasteiger partial charge is 0.458 e. The molecule has 0 aliphatic carbocycles. The van der Waals surface area contributed by atoms with Crippen LogP contribution in [0.15, 0.2) is 224 Å². The molecule has 11 nitrogen and oxygen atoms in total. The Balaban J connectivity index is 0.890. The Kier molecular flexibility index (Phi) is 11.6. The van der Waals surface area contributed by atoms with E-state index in [-0.39, 0.29) is 20.1 Å². The number of aromatic amines is 2. The lowest BCUT2D eigenvalue weighted by molar-refractivity contribution is 0.444. The second-order valence-electron chi connectivity index (χ2n) is 26.5. The molecular formula is C82H58B3N5O6. The van der Waals surface area contributed by atoms with Crippen molar-refractivity contribution in [3.8, 4) is 69.0 Å². The van der Waals surface area contributed by atoms with Crippen LogP contribution in [-0.4, -0.2) is 30.1 Å². The fourth-order valence-corrected chi connectivity index (χ4v) is 16.7. The monoisotopic (exact) mass is 1240 g/mol. The second-order valence-corrected chi connectivity index (χ2v) is 26.5. The van der Waals surface area contributed by atoms with Crippen LogP contribution in [-0.2, 0) is 0 Å². The van der Waals surface area contributed by atoms with E-state index in [4.69, 9.17) is 28.4 Å². The number of nitrogens with zero attached hydrogens (tertiary/aromatic N) is 2. The molecule has 0 saturated carbocycles. The first-order chi connectivity index (χ1) is 47.0. The van der Waals surface area contributed by atoms with Crippen LogP contribution in [0.25, 0.3) is 21.8 Å². The van der Waals surface area contributed by atoms with E-state index in [2.05, 4.69) is 188 Å². The number of anilines is 8. The molecule has 0 atom stereocenters. The molecule has 14 aromatic rings. The number of hydrogen-bond acceptors (Lipinski definition) is 9. The van der Waals surface area contributed by atoms with Crippen molar-refractivity contribution in [1.29, 1.82) is 0 Å². The van der Waals surface area contributed by atoms with Crippen LogP contribution in [0.2, 0.25) is 0 Å². The van der Waals surface area contributed by atoms with Gasteiger partial charge in [-0.15, -0.1) is 0 Å². The predicted octanol–water partition coefficient (Wildman–Crippen LogP) is 15.4. The van der Waals surface area contributed by atoms with E-state index in [0.717, 1.165) is 173 Å². The van der Waals surface area contributed by atoms with Crippen molar-refractivity contribution >= 4 is 137 Å². The van der Waals surface area contributed by atoms with E-state index >= 15 is 0 Å². The highest BCUT2D eigenvalue weighted by molar-refractivity contribution is 7.03. The summed E-state index contributed by atoms with van der Waals surface area (Å²) >= 11 is 0. The van der Waals surface area contributed by atoms with Crippen molar-refractivity contribution < 1.29 is 28.4 Å². The van der Waals surface area contributed by atoms with Crippen LogP contribution < -0.4 is 93.0 Å². The van der Waals surface area contributed by atoms with Gasteiger partial charge in [-0.3, -0.25) is 0 Å². The molecule has 8 heterocycles. The first-order valence-electron chi connectivity index (χ1n) is 32.9. The molecular weight excluding hydrogens is 1180 g/mol. The van der Waals surface area contributed by atoms with Crippen molar-refractivity contribution in [2.75, 3.05) is 15.1 Å². The highest BCUT2D eigenvalue weighted by Gasteiger charge is 2.51. The molecule has 96 heavy (non-hydrogen) atoms. The van der Waals surface area contributed by atoms with Gasteiger partial charge in [0.25, 0.3) is 20.1 Å². The van der Waals surface area contributed by atoms with Gasteiger partial charge in [0.1, 0.15) is 69.0 Å². The van der Waals surface area contributed by atoms with E-state index in [1.54, 1.807) is 0 Å². The summed E-state index contributed by atoms with van der Waals surface area (Å²) in [5.41, 5.74) is 26.6. The molecule has 12 aromatic carbocycles. The van der Waals surface area contributed by atoms with Gasteiger partial charge in [0.2, 0.25) is 0 Å². The Labute approximate surface area is 555 Å². The topological polar surface area (TPSA) is 105 Å². The normalized spacial score (nSPS) is 13.5. The number of ether oxygens (including phenoxy) is 6. The number of hydrogen-bond donors (Lipinski definition) is 3. The molecule has 0 unspecified atom stereocenters. The lowest BCUT2D eigenvalue weighted by Gasteiger charge is -2.46. The molecule has 20 rings (SSSR count). The molecule has 0 saturated heterocycles. The molecule has 14 heteroatoms. The Morgan fingerprint density at radius 3 is 1.27 bits per heavy atom. The van der Waals surface area contributed by atoms with Crippen molar-refractivity contribution in [3.63, 3.8) is 0 Å². The molecule has 456 valence electrons. The Hall–Kier alpha value is -11.9. The third-order valence-corrected chi connectivity index (χ3v) is 20.3. The first kappa shape index (κ1) is 54.6. The van der Waals surface area contributed by atoms with Crippen LogP contribution in [0.5, 0.6) is 69.0 Å². The summed E-state index contributed by atoms with van der Waals surface area (Å²) in [5.74, 6) is 8.58. The zero-order chi connectivity index (χ0) is 63.9. The average molecular weight is 1240 g/mol. The maximum atomic E-state index is 7.49. The molecule has 0 bridgehead atoms. The highest BCUT2D eigenvalue weighted by atomic mass is 16.5. The van der Waals surface area contributed by atoms with E-state index in [9.17, 15) is 0 Å². The SMILES string of the molecule is Cc1cc(C)c(N2c3cc4c(cc3B3c5cc6c(cc5N(c5c(C)cc(C)cc5C)c5cc(Oc7ccccc7)cc2c53)Oc2cc(Oc3ccccc3)cc3c2B6c2[nH]c5ccccc5c2O3)B2c3[nH]c5ccccc5c3Oc3cc(Oc5ccccc5)cc(c32)N4)c(C)c1. The van der Waals surface area contributed by atoms with Crippen LogP contribution in [0, 0.1) is 41.5 Å². The molecule has 0 radical (unpaired) electrons. The first-order valence-corrected chi connectivity index (χ1v) is 32.9. The summed E-state index contributed by atoms with van der Waals surface area (Å²) in [6.45, 7) is 12.4. The number of nitrogens with one attached hydrogen (secondary N) is 3. The van der Waals surface area contributed by atoms with E-state index in [1.165, 1.54) is 11.1 Å². The van der Waals surface area contributed by atoms with Gasteiger partial charge in [-0.1, -0.05) is 126 Å². The Morgan fingerprint density at radius 1 is 0.323 bits per heavy atom. The lowest BCUT2D eigenvalue weighted by atomic mass is 9.30. The molecule has 6 aliphatic rings. The third kappa shape index (κ3) is 8.11. The Bertz CT molecular complexity index is 5340. The van der Waals surface area contributed by atoms with Gasteiger partial charge in [-0.05, 0) is 163 Å². The number of para-hydroxylation sites is 5. The maximum Gasteiger partial charge on any atom is 0.280 e. The molecule has 3 N–H and O–H groups in total. The number of H-pyrrole nitrogens is 2. The van der Waals surface area contributed by atoms with Gasteiger partial charge in [0.15, 0.2) is 0 Å². The quantitative estimate of drug-likeness (QED) is 0.128. The molecule has 0 spiro atoms. The number of aromatic nitrogens is 2.